The van der Waals surface area contributed by atoms with E-state index in [4.69, 9.17) is 5.73 Å². The second-order valence-corrected chi connectivity index (χ2v) is 6.96. The summed E-state index contributed by atoms with van der Waals surface area (Å²) in [6, 6.07) is 8.32. The molecule has 1 heterocycles. The molecule has 146 valence electrons. The van der Waals surface area contributed by atoms with Gasteiger partial charge in [0.1, 0.15) is 6.04 Å². The summed E-state index contributed by atoms with van der Waals surface area (Å²) < 4.78 is 38.7. The molecule has 1 aliphatic heterocycles. The molecule has 28 heavy (non-hydrogen) atoms. The zero-order valence-electron chi connectivity index (χ0n) is 16.1. The van der Waals surface area contributed by atoms with Crippen LogP contribution >= 0.6 is 0 Å². The minimum Gasteiger partial charge on any atom is -0.355 e. The van der Waals surface area contributed by atoms with Crippen molar-refractivity contribution in [3.8, 4) is 11.1 Å². The number of aryl methyl sites for hydroxylation is 1. The van der Waals surface area contributed by atoms with Crippen LogP contribution < -0.4 is 11.1 Å². The van der Waals surface area contributed by atoms with E-state index in [9.17, 15) is 13.2 Å². The number of rotatable bonds is 3. The van der Waals surface area contributed by atoms with Crippen molar-refractivity contribution in [3.63, 3.8) is 0 Å². The molecular weight excluding hydrogens is 361 g/mol. The SMILES string of the molecule is C=C1Nc2ccc(C)c(-c3ccc(C(N)C(F)(F)F)cc3)c2C(/C=C\C)=C1C. The van der Waals surface area contributed by atoms with Crippen LogP contribution in [-0.4, -0.2) is 6.18 Å². The second kappa shape index (κ2) is 7.32. The number of anilines is 1. The van der Waals surface area contributed by atoms with E-state index in [0.717, 1.165) is 44.8 Å². The average molecular weight is 384 g/mol. The molecular formula is C23H23F3N2. The summed E-state index contributed by atoms with van der Waals surface area (Å²) in [6.45, 7) is 10.0. The largest absolute Gasteiger partial charge is 0.407 e. The van der Waals surface area contributed by atoms with Crippen molar-refractivity contribution in [2.24, 2.45) is 5.73 Å². The lowest BCUT2D eigenvalue weighted by atomic mass is 9.84. The number of nitrogens with two attached hydrogens (primary N) is 1. The molecule has 5 heteroatoms. The number of allylic oxidation sites excluding steroid dienone is 4. The highest BCUT2D eigenvalue weighted by Gasteiger charge is 2.37. The Morgan fingerprint density at radius 1 is 1.04 bits per heavy atom. The molecule has 2 aromatic rings. The van der Waals surface area contributed by atoms with E-state index in [1.807, 2.05) is 45.1 Å². The van der Waals surface area contributed by atoms with Gasteiger partial charge in [0, 0.05) is 16.9 Å². The van der Waals surface area contributed by atoms with Gasteiger partial charge in [-0.05, 0) is 60.2 Å². The van der Waals surface area contributed by atoms with Crippen LogP contribution in [0.15, 0.2) is 66.4 Å². The predicted octanol–water partition coefficient (Wildman–Crippen LogP) is 6.51. The fraction of sp³-hybridized carbons (Fsp3) is 0.217. The molecule has 3 rings (SSSR count). The smallest absolute Gasteiger partial charge is 0.355 e. The van der Waals surface area contributed by atoms with Crippen molar-refractivity contribution >= 4 is 11.3 Å². The van der Waals surface area contributed by atoms with Crippen molar-refractivity contribution in [1.29, 1.82) is 0 Å². The molecule has 0 fully saturated rings. The van der Waals surface area contributed by atoms with Crippen LogP contribution in [0.4, 0.5) is 18.9 Å². The molecule has 0 spiro atoms. The van der Waals surface area contributed by atoms with Crippen molar-refractivity contribution in [2.45, 2.75) is 33.0 Å². The lowest BCUT2D eigenvalue weighted by Gasteiger charge is -2.27. The highest BCUT2D eigenvalue weighted by Crippen LogP contribution is 2.43. The number of nitrogens with one attached hydrogen (secondary N) is 1. The Morgan fingerprint density at radius 2 is 1.68 bits per heavy atom. The third kappa shape index (κ3) is 3.50. The van der Waals surface area contributed by atoms with Crippen LogP contribution in [0.2, 0.25) is 0 Å². The molecule has 1 atom stereocenters. The maximum absolute atomic E-state index is 12.9. The van der Waals surface area contributed by atoms with E-state index < -0.39 is 12.2 Å². The Balaban J connectivity index is 2.18. The zero-order valence-corrected chi connectivity index (χ0v) is 16.1. The Hall–Kier alpha value is -2.79. The van der Waals surface area contributed by atoms with Gasteiger partial charge in [0.2, 0.25) is 0 Å². The van der Waals surface area contributed by atoms with Crippen LogP contribution in [0.5, 0.6) is 0 Å². The zero-order chi connectivity index (χ0) is 20.6. The van der Waals surface area contributed by atoms with Crippen LogP contribution in [0, 0.1) is 6.92 Å². The van der Waals surface area contributed by atoms with E-state index in [0.29, 0.717) is 0 Å². The van der Waals surface area contributed by atoms with Gasteiger partial charge in [-0.1, -0.05) is 49.1 Å². The van der Waals surface area contributed by atoms with E-state index in [1.54, 1.807) is 12.1 Å². The molecule has 1 aliphatic rings. The van der Waals surface area contributed by atoms with Crippen molar-refractivity contribution in [2.75, 3.05) is 5.32 Å². The number of alkyl halides is 3. The number of benzene rings is 2. The summed E-state index contributed by atoms with van der Waals surface area (Å²) in [7, 11) is 0. The van der Waals surface area contributed by atoms with Crippen LogP contribution in [0.3, 0.4) is 0 Å². The summed E-state index contributed by atoms with van der Waals surface area (Å²) in [6.07, 6.45) is -0.456. The molecule has 3 N–H and O–H groups in total. The number of halogens is 3. The van der Waals surface area contributed by atoms with E-state index in [2.05, 4.69) is 11.9 Å². The summed E-state index contributed by atoms with van der Waals surface area (Å²) in [4.78, 5) is 0. The van der Waals surface area contributed by atoms with E-state index >= 15 is 0 Å². The normalized spacial score (nSPS) is 15.6. The van der Waals surface area contributed by atoms with Crippen molar-refractivity contribution < 1.29 is 13.2 Å². The molecule has 0 aromatic heterocycles. The quantitative estimate of drug-likeness (QED) is 0.633. The molecule has 0 aliphatic carbocycles. The topological polar surface area (TPSA) is 38.0 Å². The highest BCUT2D eigenvalue weighted by atomic mass is 19.4. The van der Waals surface area contributed by atoms with Gasteiger partial charge in [0.15, 0.2) is 0 Å². The predicted molar refractivity (Wildman–Crippen MR) is 110 cm³/mol. The molecule has 0 amide bonds. The number of hydrogen-bond acceptors (Lipinski definition) is 2. The first-order chi connectivity index (χ1) is 13.1. The van der Waals surface area contributed by atoms with Crippen LogP contribution in [-0.2, 0) is 0 Å². The molecule has 2 aromatic carbocycles. The first kappa shape index (κ1) is 20.0. The van der Waals surface area contributed by atoms with Gasteiger partial charge < -0.3 is 11.1 Å². The minimum absolute atomic E-state index is 0.0469. The lowest BCUT2D eigenvalue weighted by molar-refractivity contribution is -0.149. The third-order valence-electron chi connectivity index (χ3n) is 5.07. The van der Waals surface area contributed by atoms with Crippen molar-refractivity contribution in [1.82, 2.24) is 0 Å². The Bertz CT molecular complexity index is 980. The summed E-state index contributed by atoms with van der Waals surface area (Å²) in [5.41, 5.74) is 13.1. The Labute approximate surface area is 163 Å². The first-order valence-electron chi connectivity index (χ1n) is 9.01. The van der Waals surface area contributed by atoms with Gasteiger partial charge in [-0.25, -0.2) is 0 Å². The summed E-state index contributed by atoms with van der Waals surface area (Å²) >= 11 is 0. The monoisotopic (exact) mass is 384 g/mol. The fourth-order valence-electron chi connectivity index (χ4n) is 3.49. The lowest BCUT2D eigenvalue weighted by Crippen LogP contribution is -2.28. The molecule has 0 bridgehead atoms. The van der Waals surface area contributed by atoms with Gasteiger partial charge in [-0.15, -0.1) is 0 Å². The van der Waals surface area contributed by atoms with Gasteiger partial charge in [0.25, 0.3) is 0 Å². The molecule has 0 saturated heterocycles. The van der Waals surface area contributed by atoms with E-state index in [1.165, 1.54) is 12.1 Å². The molecule has 0 saturated carbocycles. The Morgan fingerprint density at radius 3 is 2.25 bits per heavy atom. The van der Waals surface area contributed by atoms with Crippen molar-refractivity contribution in [3.05, 3.63) is 83.1 Å². The van der Waals surface area contributed by atoms with E-state index in [-0.39, 0.29) is 5.56 Å². The minimum atomic E-state index is -4.47. The maximum atomic E-state index is 12.9. The Kier molecular flexibility index (Phi) is 5.22. The third-order valence-corrected chi connectivity index (χ3v) is 5.07. The molecule has 0 radical (unpaired) electrons. The maximum Gasteiger partial charge on any atom is 0.407 e. The number of hydrogen-bond donors (Lipinski definition) is 2. The standard InChI is InChI=1S/C23H23F3N2/c1-5-6-18-14(3)15(4)28-19-12-7-13(2)20(21(18)19)16-8-10-17(11-9-16)22(27)23(24,25)26/h5-12,22,28H,4,27H2,1-3H3/b6-5-. The molecule has 2 nitrogen and oxygen atoms in total. The second-order valence-electron chi connectivity index (χ2n) is 6.96. The van der Waals surface area contributed by atoms with Crippen LogP contribution in [0.25, 0.3) is 16.7 Å². The summed E-state index contributed by atoms with van der Waals surface area (Å²) in [5.74, 6) is 0. The fourth-order valence-corrected chi connectivity index (χ4v) is 3.49. The summed E-state index contributed by atoms with van der Waals surface area (Å²) in [5, 5.41) is 3.33. The van der Waals surface area contributed by atoms with Crippen LogP contribution in [0.1, 0.15) is 36.6 Å². The highest BCUT2D eigenvalue weighted by molar-refractivity contribution is 5.98. The first-order valence-corrected chi connectivity index (χ1v) is 9.01. The van der Waals surface area contributed by atoms with Gasteiger partial charge in [-0.2, -0.15) is 13.2 Å². The molecule has 1 unspecified atom stereocenters. The van der Waals surface area contributed by atoms with Gasteiger partial charge >= 0.3 is 6.18 Å². The average Bonchev–Trinajstić information content (AvgIpc) is 2.65. The number of fused-ring (bicyclic) bond motifs is 1. The van der Waals surface area contributed by atoms with Gasteiger partial charge in [0.05, 0.1) is 0 Å². The van der Waals surface area contributed by atoms with Gasteiger partial charge in [-0.3, -0.25) is 0 Å².